The molecule has 1 heteroatoms. The molecule has 2 unspecified atom stereocenters. The molecule has 0 aromatic heterocycles. The van der Waals surface area contributed by atoms with Crippen LogP contribution in [0.25, 0.3) is 0 Å². The lowest BCUT2D eigenvalue weighted by Gasteiger charge is -1.87. The molecule has 0 bridgehead atoms. The Hall–Kier alpha value is -0.330. The van der Waals surface area contributed by atoms with Gasteiger partial charge in [0.2, 0.25) is 0 Å². The van der Waals surface area contributed by atoms with Crippen LogP contribution in [0.4, 0.5) is 0 Å². The van der Waals surface area contributed by atoms with Crippen molar-refractivity contribution in [2.75, 3.05) is 0 Å². The minimum absolute atomic E-state index is 0.634. The monoisotopic (exact) mass is 111 g/mol. The van der Waals surface area contributed by atoms with Gasteiger partial charge in [-0.05, 0) is 25.5 Å². The number of hydrogen-bond donors (Lipinski definition) is 0. The van der Waals surface area contributed by atoms with Gasteiger partial charge in [0.25, 0.3) is 0 Å². The van der Waals surface area contributed by atoms with Gasteiger partial charge in [0.15, 0.2) is 0 Å². The fourth-order valence-electron chi connectivity index (χ4n) is 1.14. The summed E-state index contributed by atoms with van der Waals surface area (Å²) >= 11 is 0. The van der Waals surface area contributed by atoms with Crippen LogP contribution in [0.15, 0.2) is 4.99 Å². The van der Waals surface area contributed by atoms with Gasteiger partial charge >= 0.3 is 0 Å². The quantitative estimate of drug-likeness (QED) is 0.493. The largest absolute Gasteiger partial charge is 0.297 e. The molecule has 0 aromatic rings. The number of nitrogens with zero attached hydrogens (tertiary/aromatic N) is 1. The van der Waals surface area contributed by atoms with E-state index in [1.807, 2.05) is 0 Å². The summed E-state index contributed by atoms with van der Waals surface area (Å²) in [7, 11) is 0. The first-order valence-electron chi connectivity index (χ1n) is 3.34. The van der Waals surface area contributed by atoms with Crippen molar-refractivity contribution in [3.63, 3.8) is 0 Å². The maximum absolute atomic E-state index is 3.95. The van der Waals surface area contributed by atoms with Gasteiger partial charge in [-0.3, -0.25) is 4.99 Å². The summed E-state index contributed by atoms with van der Waals surface area (Å²) in [5.41, 5.74) is 0. The summed E-state index contributed by atoms with van der Waals surface area (Å²) < 4.78 is 0. The van der Waals surface area contributed by atoms with Crippen LogP contribution in [0, 0.1) is 5.92 Å². The Bertz CT molecular complexity index is 88.4. The molecule has 0 heterocycles. The van der Waals surface area contributed by atoms with Gasteiger partial charge in [0, 0.05) is 0 Å². The molecule has 0 aromatic carbocycles. The molecule has 0 amide bonds. The van der Waals surface area contributed by atoms with E-state index in [9.17, 15) is 0 Å². The zero-order valence-corrected chi connectivity index (χ0v) is 5.43. The van der Waals surface area contributed by atoms with E-state index in [0.717, 1.165) is 5.92 Å². The van der Waals surface area contributed by atoms with Gasteiger partial charge in [-0.1, -0.05) is 13.3 Å². The third-order valence-corrected chi connectivity index (χ3v) is 1.78. The summed E-state index contributed by atoms with van der Waals surface area (Å²) in [4.78, 5) is 3.95. The maximum Gasteiger partial charge on any atom is 0.0524 e. The van der Waals surface area contributed by atoms with Gasteiger partial charge in [0.05, 0.1) is 6.04 Å². The van der Waals surface area contributed by atoms with Crippen molar-refractivity contribution in [1.29, 1.82) is 0 Å². The highest BCUT2D eigenvalue weighted by molar-refractivity contribution is 5.26. The highest BCUT2D eigenvalue weighted by Crippen LogP contribution is 2.36. The average Bonchev–Trinajstić information content (AvgIpc) is 2.48. The topological polar surface area (TPSA) is 12.4 Å². The molecule has 1 fully saturated rings. The first-order chi connectivity index (χ1) is 3.88. The van der Waals surface area contributed by atoms with Crippen LogP contribution in [-0.4, -0.2) is 12.8 Å². The molecule has 1 saturated carbocycles. The molecule has 0 radical (unpaired) electrons. The summed E-state index contributed by atoms with van der Waals surface area (Å²) in [6, 6.07) is 0.634. The van der Waals surface area contributed by atoms with E-state index in [1.165, 1.54) is 19.3 Å². The summed E-state index contributed by atoms with van der Waals surface area (Å²) in [6.07, 6.45) is 3.96. The molecule has 0 saturated heterocycles. The van der Waals surface area contributed by atoms with E-state index in [4.69, 9.17) is 0 Å². The molecule has 1 rings (SSSR count). The predicted octanol–water partition coefficient (Wildman–Crippen LogP) is 1.88. The predicted molar refractivity (Wildman–Crippen MR) is 36.4 cm³/mol. The normalized spacial score (nSPS) is 34.6. The highest BCUT2D eigenvalue weighted by Gasteiger charge is 2.34. The Kier molecular flexibility index (Phi) is 1.66. The average molecular weight is 111 g/mol. The third kappa shape index (κ3) is 1.09. The number of aliphatic imine (C=N–C) groups is 1. The second-order valence-corrected chi connectivity index (χ2v) is 2.53. The van der Waals surface area contributed by atoms with Crippen molar-refractivity contribution in [3.05, 3.63) is 0 Å². The van der Waals surface area contributed by atoms with Crippen molar-refractivity contribution in [2.24, 2.45) is 10.9 Å². The molecule has 0 N–H and O–H groups in total. The van der Waals surface area contributed by atoms with E-state index >= 15 is 0 Å². The molecule has 1 aliphatic rings. The van der Waals surface area contributed by atoms with Crippen LogP contribution in [0.5, 0.6) is 0 Å². The standard InChI is InChI=1S/C7H13N/c1-3-4-6-5-7(6)8-2/h6-7H,2-5H2,1H3. The molecule has 0 spiro atoms. The molecule has 8 heavy (non-hydrogen) atoms. The molecule has 1 nitrogen and oxygen atoms in total. The van der Waals surface area contributed by atoms with Crippen molar-refractivity contribution in [1.82, 2.24) is 0 Å². The Labute approximate surface area is 50.8 Å². The lowest BCUT2D eigenvalue weighted by Crippen LogP contribution is -1.80. The zero-order chi connectivity index (χ0) is 5.98. The summed E-state index contributed by atoms with van der Waals surface area (Å²) in [5.74, 6) is 0.900. The van der Waals surface area contributed by atoms with Crippen molar-refractivity contribution >= 4 is 6.72 Å². The van der Waals surface area contributed by atoms with Gasteiger partial charge in [0.1, 0.15) is 0 Å². The Balaban J connectivity index is 2.07. The first kappa shape index (κ1) is 5.80. The lowest BCUT2D eigenvalue weighted by molar-refractivity contribution is 0.685. The summed E-state index contributed by atoms with van der Waals surface area (Å²) in [5, 5.41) is 0. The van der Waals surface area contributed by atoms with Crippen LogP contribution in [0.1, 0.15) is 26.2 Å². The Morgan fingerprint density at radius 3 is 2.88 bits per heavy atom. The molecule has 1 aliphatic carbocycles. The minimum atomic E-state index is 0.634. The van der Waals surface area contributed by atoms with E-state index in [2.05, 4.69) is 18.6 Å². The van der Waals surface area contributed by atoms with Gasteiger partial charge in [-0.15, -0.1) is 0 Å². The fourth-order valence-corrected chi connectivity index (χ4v) is 1.14. The smallest absolute Gasteiger partial charge is 0.0524 e. The fraction of sp³-hybridized carbons (Fsp3) is 0.857. The van der Waals surface area contributed by atoms with E-state index in [1.54, 1.807) is 0 Å². The Morgan fingerprint density at radius 1 is 1.75 bits per heavy atom. The molecular weight excluding hydrogens is 98.1 g/mol. The third-order valence-electron chi connectivity index (χ3n) is 1.78. The van der Waals surface area contributed by atoms with Crippen LogP contribution >= 0.6 is 0 Å². The van der Waals surface area contributed by atoms with Crippen LogP contribution in [0.2, 0.25) is 0 Å². The molecule has 2 atom stereocenters. The highest BCUT2D eigenvalue weighted by atomic mass is 14.8. The minimum Gasteiger partial charge on any atom is -0.297 e. The summed E-state index contributed by atoms with van der Waals surface area (Å²) in [6.45, 7) is 5.73. The second kappa shape index (κ2) is 2.29. The van der Waals surface area contributed by atoms with Crippen LogP contribution in [0.3, 0.4) is 0 Å². The Morgan fingerprint density at radius 2 is 2.50 bits per heavy atom. The van der Waals surface area contributed by atoms with E-state index in [0.29, 0.717) is 6.04 Å². The van der Waals surface area contributed by atoms with E-state index in [-0.39, 0.29) is 0 Å². The van der Waals surface area contributed by atoms with Crippen molar-refractivity contribution in [2.45, 2.75) is 32.2 Å². The SMILES string of the molecule is C=NC1CC1CCC. The zero-order valence-electron chi connectivity index (χ0n) is 5.43. The van der Waals surface area contributed by atoms with Crippen LogP contribution < -0.4 is 0 Å². The van der Waals surface area contributed by atoms with E-state index < -0.39 is 0 Å². The van der Waals surface area contributed by atoms with Crippen molar-refractivity contribution < 1.29 is 0 Å². The number of hydrogen-bond acceptors (Lipinski definition) is 1. The molecule has 46 valence electrons. The maximum atomic E-state index is 3.95. The second-order valence-electron chi connectivity index (χ2n) is 2.53. The van der Waals surface area contributed by atoms with Gasteiger partial charge in [-0.2, -0.15) is 0 Å². The number of rotatable bonds is 3. The van der Waals surface area contributed by atoms with Gasteiger partial charge < -0.3 is 0 Å². The lowest BCUT2D eigenvalue weighted by atomic mass is 10.2. The van der Waals surface area contributed by atoms with Gasteiger partial charge in [-0.25, -0.2) is 0 Å². The first-order valence-corrected chi connectivity index (χ1v) is 3.34. The molecule has 0 aliphatic heterocycles. The van der Waals surface area contributed by atoms with Crippen LogP contribution in [-0.2, 0) is 0 Å². The molecular formula is C7H13N. The van der Waals surface area contributed by atoms with Crippen molar-refractivity contribution in [3.8, 4) is 0 Å².